The molecule has 1 atom stereocenters. The Morgan fingerprint density at radius 3 is 2.88 bits per heavy atom. The molecule has 0 aliphatic heterocycles. The number of H-pyrrole nitrogens is 1. The standard InChI is InChI=1S/C12H17N3O2/c1-12(7-13,8-4-5-8)15-11(17)9-3-2-6-14-10(9)16/h2-3,6,8H,4-5,7,13H2,1H3,(H,14,16)(H,15,17). The van der Waals surface area contributed by atoms with E-state index in [1.807, 2.05) is 6.92 Å². The van der Waals surface area contributed by atoms with Crippen LogP contribution in [0.25, 0.3) is 0 Å². The average molecular weight is 235 g/mol. The van der Waals surface area contributed by atoms with E-state index < -0.39 is 5.54 Å². The zero-order valence-corrected chi connectivity index (χ0v) is 9.82. The summed E-state index contributed by atoms with van der Waals surface area (Å²) >= 11 is 0. The van der Waals surface area contributed by atoms with Gasteiger partial charge >= 0.3 is 0 Å². The van der Waals surface area contributed by atoms with E-state index in [9.17, 15) is 9.59 Å². The molecule has 4 N–H and O–H groups in total. The predicted octanol–water partition coefficient (Wildman–Crippen LogP) is 0.232. The number of rotatable bonds is 4. The molecule has 1 heterocycles. The first-order chi connectivity index (χ1) is 8.07. The molecule has 1 aromatic rings. The van der Waals surface area contributed by atoms with Crippen LogP contribution in [0.1, 0.15) is 30.1 Å². The van der Waals surface area contributed by atoms with Crippen LogP contribution in [-0.4, -0.2) is 23.0 Å². The fourth-order valence-electron chi connectivity index (χ4n) is 1.97. The number of amides is 1. The Morgan fingerprint density at radius 1 is 1.65 bits per heavy atom. The van der Waals surface area contributed by atoms with E-state index in [4.69, 9.17) is 5.73 Å². The molecule has 5 nitrogen and oxygen atoms in total. The summed E-state index contributed by atoms with van der Waals surface area (Å²) in [6.45, 7) is 2.31. The van der Waals surface area contributed by atoms with Crippen LogP contribution in [0.3, 0.4) is 0 Å². The van der Waals surface area contributed by atoms with Crippen molar-refractivity contribution in [2.24, 2.45) is 11.7 Å². The topological polar surface area (TPSA) is 88.0 Å². The normalized spacial score (nSPS) is 18.5. The van der Waals surface area contributed by atoms with Crippen molar-refractivity contribution in [1.29, 1.82) is 0 Å². The fraction of sp³-hybridized carbons (Fsp3) is 0.500. The lowest BCUT2D eigenvalue weighted by molar-refractivity contribution is 0.0896. The number of aromatic amines is 1. The zero-order chi connectivity index (χ0) is 12.5. The molecule has 1 saturated carbocycles. The molecule has 92 valence electrons. The van der Waals surface area contributed by atoms with Gasteiger partial charge < -0.3 is 16.0 Å². The van der Waals surface area contributed by atoms with Gasteiger partial charge in [0.15, 0.2) is 0 Å². The van der Waals surface area contributed by atoms with Gasteiger partial charge in [0.25, 0.3) is 11.5 Å². The van der Waals surface area contributed by atoms with Crippen molar-refractivity contribution in [2.75, 3.05) is 6.54 Å². The molecule has 0 radical (unpaired) electrons. The molecule has 0 spiro atoms. The molecule has 1 amide bonds. The van der Waals surface area contributed by atoms with Crippen molar-refractivity contribution in [3.8, 4) is 0 Å². The summed E-state index contributed by atoms with van der Waals surface area (Å²) in [7, 11) is 0. The van der Waals surface area contributed by atoms with E-state index in [0.717, 1.165) is 12.8 Å². The molecule has 2 rings (SSSR count). The summed E-state index contributed by atoms with van der Waals surface area (Å²) in [4.78, 5) is 25.9. The monoisotopic (exact) mass is 235 g/mol. The Labute approximate surface area is 99.4 Å². The molecule has 5 heteroatoms. The van der Waals surface area contributed by atoms with Gasteiger partial charge in [-0.1, -0.05) is 0 Å². The molecule has 1 aromatic heterocycles. The minimum absolute atomic E-state index is 0.132. The molecule has 1 unspecified atom stereocenters. The first-order valence-electron chi connectivity index (χ1n) is 5.77. The van der Waals surface area contributed by atoms with E-state index >= 15 is 0 Å². The van der Waals surface area contributed by atoms with Crippen molar-refractivity contribution in [2.45, 2.75) is 25.3 Å². The van der Waals surface area contributed by atoms with Crippen LogP contribution in [0.4, 0.5) is 0 Å². The second kappa shape index (κ2) is 4.33. The number of aromatic nitrogens is 1. The van der Waals surface area contributed by atoms with Crippen LogP contribution in [-0.2, 0) is 0 Å². The summed E-state index contributed by atoms with van der Waals surface area (Å²) in [5.74, 6) is 0.0749. The van der Waals surface area contributed by atoms with Gasteiger partial charge in [0.05, 0.1) is 5.54 Å². The molecule has 0 aromatic carbocycles. The van der Waals surface area contributed by atoms with E-state index in [1.165, 1.54) is 12.3 Å². The van der Waals surface area contributed by atoms with Gasteiger partial charge in [-0.25, -0.2) is 0 Å². The molecular formula is C12H17N3O2. The summed E-state index contributed by atoms with van der Waals surface area (Å²) < 4.78 is 0. The van der Waals surface area contributed by atoms with Crippen LogP contribution >= 0.6 is 0 Å². The molecule has 0 bridgehead atoms. The maximum Gasteiger partial charge on any atom is 0.260 e. The Hall–Kier alpha value is -1.62. The first kappa shape index (κ1) is 11.9. The third-order valence-electron chi connectivity index (χ3n) is 3.36. The second-order valence-corrected chi connectivity index (χ2v) is 4.76. The largest absolute Gasteiger partial charge is 0.345 e. The van der Waals surface area contributed by atoms with Crippen molar-refractivity contribution < 1.29 is 4.79 Å². The van der Waals surface area contributed by atoms with Gasteiger partial charge in [0.2, 0.25) is 0 Å². The highest BCUT2D eigenvalue weighted by molar-refractivity contribution is 5.94. The highest BCUT2D eigenvalue weighted by Gasteiger charge is 2.41. The van der Waals surface area contributed by atoms with Crippen LogP contribution in [0.15, 0.2) is 23.1 Å². The first-order valence-corrected chi connectivity index (χ1v) is 5.77. The van der Waals surface area contributed by atoms with Crippen molar-refractivity contribution >= 4 is 5.91 Å². The Bertz CT molecular complexity index is 479. The number of carbonyl (C=O) groups is 1. The molecule has 17 heavy (non-hydrogen) atoms. The minimum Gasteiger partial charge on any atom is -0.345 e. The highest BCUT2D eigenvalue weighted by Crippen LogP contribution is 2.39. The van der Waals surface area contributed by atoms with Crippen molar-refractivity contribution in [3.05, 3.63) is 34.2 Å². The molecule has 1 fully saturated rings. The summed E-state index contributed by atoms with van der Waals surface area (Å²) in [5.41, 5.74) is 5.07. The maximum atomic E-state index is 12.0. The molecule has 1 aliphatic carbocycles. The van der Waals surface area contributed by atoms with Gasteiger partial charge in [-0.05, 0) is 37.8 Å². The fourth-order valence-corrected chi connectivity index (χ4v) is 1.97. The van der Waals surface area contributed by atoms with E-state index in [2.05, 4.69) is 10.3 Å². The number of pyridine rings is 1. The lowest BCUT2D eigenvalue weighted by Gasteiger charge is -2.29. The zero-order valence-electron chi connectivity index (χ0n) is 9.82. The van der Waals surface area contributed by atoms with Gasteiger partial charge in [0, 0.05) is 12.7 Å². The van der Waals surface area contributed by atoms with Crippen molar-refractivity contribution in [1.82, 2.24) is 10.3 Å². The number of hydrogen-bond acceptors (Lipinski definition) is 3. The number of nitrogens with two attached hydrogens (primary N) is 1. The highest BCUT2D eigenvalue weighted by atomic mass is 16.2. The van der Waals surface area contributed by atoms with E-state index in [0.29, 0.717) is 12.5 Å². The molecule has 1 aliphatic rings. The van der Waals surface area contributed by atoms with Gasteiger partial charge in [0.1, 0.15) is 5.56 Å². The smallest absolute Gasteiger partial charge is 0.260 e. The van der Waals surface area contributed by atoms with Crippen molar-refractivity contribution in [3.63, 3.8) is 0 Å². The van der Waals surface area contributed by atoms with E-state index in [1.54, 1.807) is 6.07 Å². The SMILES string of the molecule is CC(CN)(NC(=O)c1ccc[nH]c1=O)C1CC1. The lowest BCUT2D eigenvalue weighted by Crippen LogP contribution is -2.53. The lowest BCUT2D eigenvalue weighted by atomic mass is 9.95. The Balaban J connectivity index is 2.16. The number of carbonyl (C=O) groups excluding carboxylic acids is 1. The Morgan fingerprint density at radius 2 is 2.35 bits per heavy atom. The number of nitrogens with one attached hydrogen (secondary N) is 2. The minimum atomic E-state index is -0.403. The maximum absolute atomic E-state index is 12.0. The van der Waals surface area contributed by atoms with Crippen LogP contribution in [0.5, 0.6) is 0 Å². The number of hydrogen-bond donors (Lipinski definition) is 3. The van der Waals surface area contributed by atoms with Crippen LogP contribution < -0.4 is 16.6 Å². The average Bonchev–Trinajstić information content (AvgIpc) is 3.13. The third kappa shape index (κ3) is 2.39. The third-order valence-corrected chi connectivity index (χ3v) is 3.36. The van der Waals surface area contributed by atoms with E-state index in [-0.39, 0.29) is 17.0 Å². The van der Waals surface area contributed by atoms with Gasteiger partial charge in [-0.3, -0.25) is 9.59 Å². The van der Waals surface area contributed by atoms with Crippen LogP contribution in [0, 0.1) is 5.92 Å². The second-order valence-electron chi connectivity index (χ2n) is 4.76. The Kier molecular flexibility index (Phi) is 3.02. The summed E-state index contributed by atoms with van der Waals surface area (Å²) in [6, 6.07) is 3.14. The predicted molar refractivity (Wildman–Crippen MR) is 64.7 cm³/mol. The summed E-state index contributed by atoms with van der Waals surface area (Å²) in [5, 5.41) is 2.88. The van der Waals surface area contributed by atoms with Gasteiger partial charge in [-0.2, -0.15) is 0 Å². The van der Waals surface area contributed by atoms with Crippen LogP contribution in [0.2, 0.25) is 0 Å². The molecule has 0 saturated heterocycles. The molecular weight excluding hydrogens is 218 g/mol. The van der Waals surface area contributed by atoms with Gasteiger partial charge in [-0.15, -0.1) is 0 Å². The summed E-state index contributed by atoms with van der Waals surface area (Å²) in [6.07, 6.45) is 3.67. The quantitative estimate of drug-likeness (QED) is 0.698.